The van der Waals surface area contributed by atoms with Crippen molar-refractivity contribution in [3.05, 3.63) is 34.6 Å². The van der Waals surface area contributed by atoms with Crippen molar-refractivity contribution in [2.45, 2.75) is 31.5 Å². The van der Waals surface area contributed by atoms with Crippen molar-refractivity contribution in [3.8, 4) is 5.75 Å². The van der Waals surface area contributed by atoms with Crippen LogP contribution in [0.25, 0.3) is 0 Å². The first-order valence-corrected chi connectivity index (χ1v) is 7.33. The molecule has 9 heteroatoms. The van der Waals surface area contributed by atoms with E-state index in [1.54, 1.807) is 6.07 Å². The maximum atomic E-state index is 12.4. The van der Waals surface area contributed by atoms with Crippen LogP contribution in [0.5, 0.6) is 5.75 Å². The van der Waals surface area contributed by atoms with Crippen LogP contribution in [0.15, 0.2) is 23.9 Å². The Labute approximate surface area is 141 Å². The molecule has 2 rings (SSSR count). The van der Waals surface area contributed by atoms with Gasteiger partial charge in [-0.15, -0.1) is 0 Å². The quantitative estimate of drug-likeness (QED) is 0.479. The topological polar surface area (TPSA) is 75.1 Å². The molecule has 0 atom stereocenters. The van der Waals surface area contributed by atoms with Crippen LogP contribution in [0, 0.1) is 5.41 Å². The molecule has 1 aliphatic carbocycles. The number of nitrogens with one attached hydrogen (secondary N) is 2. The fourth-order valence-electron chi connectivity index (χ4n) is 2.12. The molecule has 1 saturated carbocycles. The molecular weight excluding hydrogens is 347 g/mol. The van der Waals surface area contributed by atoms with Crippen molar-refractivity contribution in [1.82, 2.24) is 10.3 Å². The smallest absolute Gasteiger partial charge is 0.432 e. The fourth-order valence-corrected chi connectivity index (χ4v) is 2.30. The van der Waals surface area contributed by atoms with Crippen LogP contribution >= 0.6 is 11.6 Å². The first-order chi connectivity index (χ1) is 11.1. The van der Waals surface area contributed by atoms with E-state index in [1.807, 2.05) is 0 Å². The fraction of sp³-hybridized carbons (Fsp3) is 0.400. The maximum absolute atomic E-state index is 12.4. The van der Waals surface area contributed by atoms with E-state index in [-0.39, 0.29) is 10.7 Å². The molecule has 1 aliphatic rings. The lowest BCUT2D eigenvalue weighted by molar-refractivity contribution is -0.118. The van der Waals surface area contributed by atoms with Crippen molar-refractivity contribution >= 4 is 23.2 Å². The summed E-state index contributed by atoms with van der Waals surface area (Å²) in [5.74, 6) is -0.323. The largest absolute Gasteiger partial charge is 0.494 e. The Bertz CT molecular complexity index is 712. The third kappa shape index (κ3) is 3.87. The third-order valence-corrected chi connectivity index (χ3v) is 3.99. The number of hydrogen-bond donors (Lipinski definition) is 2. The second-order valence-electron chi connectivity index (χ2n) is 5.49. The van der Waals surface area contributed by atoms with Crippen molar-refractivity contribution in [2.75, 3.05) is 7.11 Å². The molecule has 2 N–H and O–H groups in total. The van der Waals surface area contributed by atoms with Gasteiger partial charge in [0, 0.05) is 11.8 Å². The van der Waals surface area contributed by atoms with Crippen LogP contribution in [-0.4, -0.2) is 29.9 Å². The van der Waals surface area contributed by atoms with Crippen LogP contribution in [0.4, 0.5) is 13.2 Å². The first-order valence-electron chi connectivity index (χ1n) is 6.95. The van der Waals surface area contributed by atoms with Crippen molar-refractivity contribution in [1.29, 1.82) is 5.41 Å². The van der Waals surface area contributed by atoms with Gasteiger partial charge in [-0.3, -0.25) is 10.2 Å². The van der Waals surface area contributed by atoms with Crippen LogP contribution in [0.1, 0.15) is 25.3 Å². The average molecular weight is 362 g/mol. The van der Waals surface area contributed by atoms with Crippen LogP contribution in [0.2, 0.25) is 5.15 Å². The van der Waals surface area contributed by atoms with Gasteiger partial charge in [0.25, 0.3) is 0 Å². The van der Waals surface area contributed by atoms with Gasteiger partial charge in [-0.05, 0) is 37.5 Å². The number of nitrogens with zero attached hydrogens (tertiary/aromatic N) is 1. The molecule has 5 nitrogen and oxygen atoms in total. The summed E-state index contributed by atoms with van der Waals surface area (Å²) in [6.07, 6.45) is -1.54. The van der Waals surface area contributed by atoms with Gasteiger partial charge in [-0.25, -0.2) is 4.98 Å². The minimum absolute atomic E-state index is 0.179. The summed E-state index contributed by atoms with van der Waals surface area (Å²) in [6, 6.07) is 1.64. The molecule has 1 aromatic heterocycles. The van der Waals surface area contributed by atoms with Crippen LogP contribution in [-0.2, 0) is 10.3 Å². The zero-order valence-corrected chi connectivity index (χ0v) is 13.7. The average Bonchev–Trinajstić information content (AvgIpc) is 3.27. The second-order valence-corrected chi connectivity index (χ2v) is 5.85. The minimum Gasteiger partial charge on any atom is -0.494 e. The number of rotatable bonds is 5. The summed E-state index contributed by atoms with van der Waals surface area (Å²) in [7, 11) is 1.43. The van der Waals surface area contributed by atoms with Gasteiger partial charge in [-0.2, -0.15) is 13.2 Å². The lowest BCUT2D eigenvalue weighted by Crippen LogP contribution is -2.36. The van der Waals surface area contributed by atoms with E-state index < -0.39 is 23.3 Å². The van der Waals surface area contributed by atoms with E-state index in [2.05, 4.69) is 10.3 Å². The second kappa shape index (κ2) is 6.43. The van der Waals surface area contributed by atoms with Gasteiger partial charge in [0.2, 0.25) is 5.91 Å². The number of pyridine rings is 1. The molecule has 1 amide bonds. The van der Waals surface area contributed by atoms with E-state index in [0.717, 1.165) is 0 Å². The molecular formula is C15H15ClF3N3O2. The number of amides is 1. The maximum Gasteiger partial charge on any atom is 0.432 e. The summed E-state index contributed by atoms with van der Waals surface area (Å²) in [5.41, 5.74) is -1.81. The van der Waals surface area contributed by atoms with Gasteiger partial charge >= 0.3 is 6.18 Å². The Hall–Kier alpha value is -2.09. The van der Waals surface area contributed by atoms with E-state index in [4.69, 9.17) is 21.7 Å². The predicted octanol–water partition coefficient (Wildman–Crippen LogP) is 3.38. The Balaban J connectivity index is 2.17. The highest BCUT2D eigenvalue weighted by Crippen LogP contribution is 2.46. The van der Waals surface area contributed by atoms with Gasteiger partial charge in [0.05, 0.1) is 12.6 Å². The zero-order chi connectivity index (χ0) is 18.1. The lowest BCUT2D eigenvalue weighted by Gasteiger charge is -2.19. The third-order valence-electron chi connectivity index (χ3n) is 3.71. The summed E-state index contributed by atoms with van der Waals surface area (Å²) < 4.78 is 42.2. The first kappa shape index (κ1) is 18.3. The molecule has 1 aromatic rings. The Morgan fingerprint density at radius 2 is 2.12 bits per heavy atom. The lowest BCUT2D eigenvalue weighted by atomic mass is 10.1. The molecule has 130 valence electrons. The normalized spacial score (nSPS) is 16.5. The highest BCUT2D eigenvalue weighted by atomic mass is 35.5. The van der Waals surface area contributed by atoms with E-state index in [0.29, 0.717) is 30.2 Å². The highest BCUT2D eigenvalue weighted by molar-refractivity contribution is 6.30. The SMILES string of the molecule is COc1cc(C2(NC(=O)/C(C)=C/C(=N)C(F)(F)F)CC2)cnc1Cl. The molecule has 0 bridgehead atoms. The number of allylic oxidation sites excluding steroid dienone is 1. The van der Waals surface area contributed by atoms with Gasteiger partial charge < -0.3 is 10.1 Å². The van der Waals surface area contributed by atoms with Crippen molar-refractivity contribution < 1.29 is 22.7 Å². The van der Waals surface area contributed by atoms with Crippen LogP contribution < -0.4 is 10.1 Å². The summed E-state index contributed by atoms with van der Waals surface area (Å²) in [4.78, 5) is 16.1. The monoisotopic (exact) mass is 361 g/mol. The minimum atomic E-state index is -4.79. The molecule has 0 radical (unpaired) electrons. The van der Waals surface area contributed by atoms with Gasteiger partial charge in [0.15, 0.2) is 10.9 Å². The Morgan fingerprint density at radius 1 is 1.50 bits per heavy atom. The van der Waals surface area contributed by atoms with Crippen molar-refractivity contribution in [2.24, 2.45) is 0 Å². The number of ether oxygens (including phenoxy) is 1. The number of carbonyl (C=O) groups excluding carboxylic acids is 1. The number of halogens is 4. The van der Waals surface area contributed by atoms with E-state index >= 15 is 0 Å². The molecule has 1 fully saturated rings. The molecule has 24 heavy (non-hydrogen) atoms. The summed E-state index contributed by atoms with van der Waals surface area (Å²) in [6.45, 7) is 1.23. The highest BCUT2D eigenvalue weighted by Gasteiger charge is 2.46. The standard InChI is InChI=1S/C15H15ClF3N3O2/c1-8(5-11(20)15(17,18)19)13(23)22-14(3-4-14)9-6-10(24-2)12(16)21-7-9/h5-7,20H,3-4H2,1-2H3,(H,22,23)/b8-5+,20-11?. The van der Waals surface area contributed by atoms with Crippen LogP contribution in [0.3, 0.4) is 0 Å². The predicted molar refractivity (Wildman–Crippen MR) is 82.4 cm³/mol. The summed E-state index contributed by atoms with van der Waals surface area (Å²) in [5, 5.41) is 9.81. The molecule has 0 saturated heterocycles. The summed E-state index contributed by atoms with van der Waals surface area (Å²) >= 11 is 5.86. The van der Waals surface area contributed by atoms with Crippen molar-refractivity contribution in [3.63, 3.8) is 0 Å². The number of carbonyl (C=O) groups is 1. The number of alkyl halides is 3. The van der Waals surface area contributed by atoms with E-state index in [1.165, 1.54) is 20.2 Å². The molecule has 0 spiro atoms. The Kier molecular flexibility index (Phi) is 4.89. The molecule has 0 unspecified atom stereocenters. The number of hydrogen-bond acceptors (Lipinski definition) is 4. The zero-order valence-electron chi connectivity index (χ0n) is 12.9. The number of methoxy groups -OCH3 is 1. The molecule has 0 aromatic carbocycles. The van der Waals surface area contributed by atoms with E-state index in [9.17, 15) is 18.0 Å². The molecule has 1 heterocycles. The van der Waals surface area contributed by atoms with Gasteiger partial charge in [-0.1, -0.05) is 11.6 Å². The Morgan fingerprint density at radius 3 is 2.62 bits per heavy atom. The van der Waals surface area contributed by atoms with Gasteiger partial charge in [0.1, 0.15) is 5.71 Å². The number of aromatic nitrogens is 1. The molecule has 0 aliphatic heterocycles.